The van der Waals surface area contributed by atoms with E-state index in [4.69, 9.17) is 21.0 Å². The minimum atomic E-state index is -1.02. The molecule has 1 rings (SSSR count). The van der Waals surface area contributed by atoms with Gasteiger partial charge in [0, 0.05) is 12.7 Å². The number of carbonyl (C=O) groups is 2. The molecule has 6 heteroatoms. The third kappa shape index (κ3) is 5.46. The second kappa shape index (κ2) is 8.05. The van der Waals surface area contributed by atoms with Crippen LogP contribution in [0.4, 0.5) is 0 Å². The van der Waals surface area contributed by atoms with Crippen LogP contribution in [0.5, 0.6) is 5.75 Å². The summed E-state index contributed by atoms with van der Waals surface area (Å²) in [7, 11) is 1.45. The molecule has 0 bridgehead atoms. The molecular weight excluding hydrogens is 286 g/mol. The first-order valence-electron chi connectivity index (χ1n) is 6.60. The van der Waals surface area contributed by atoms with Crippen LogP contribution in [0, 0.1) is 12.3 Å². The molecule has 1 aromatic rings. The number of benzene rings is 1. The van der Waals surface area contributed by atoms with Gasteiger partial charge in [0.1, 0.15) is 12.4 Å². The van der Waals surface area contributed by atoms with Crippen LogP contribution in [0.25, 0.3) is 0 Å². The highest BCUT2D eigenvalue weighted by Crippen LogP contribution is 2.15. The van der Waals surface area contributed by atoms with E-state index in [9.17, 15) is 9.59 Å². The average molecular weight is 305 g/mol. The Morgan fingerprint density at radius 2 is 2.00 bits per heavy atom. The highest BCUT2D eigenvalue weighted by Gasteiger charge is 2.29. The monoisotopic (exact) mass is 305 g/mol. The molecule has 1 atom stereocenters. The Bertz CT molecular complexity index is 561. The van der Waals surface area contributed by atoms with Gasteiger partial charge in [0.15, 0.2) is 0 Å². The zero-order valence-corrected chi connectivity index (χ0v) is 12.6. The van der Waals surface area contributed by atoms with Crippen LogP contribution in [0.2, 0.25) is 0 Å². The van der Waals surface area contributed by atoms with Crippen molar-refractivity contribution in [3.63, 3.8) is 0 Å². The van der Waals surface area contributed by atoms with Crippen molar-refractivity contribution < 1.29 is 24.2 Å². The molecule has 6 nitrogen and oxygen atoms in total. The third-order valence-electron chi connectivity index (χ3n) is 2.86. The van der Waals surface area contributed by atoms with Crippen molar-refractivity contribution in [2.45, 2.75) is 18.9 Å². The van der Waals surface area contributed by atoms with Crippen molar-refractivity contribution in [1.82, 2.24) is 5.32 Å². The number of carboxylic acid groups (broad SMARTS) is 1. The Labute approximate surface area is 129 Å². The first-order valence-corrected chi connectivity index (χ1v) is 6.60. The molecule has 0 saturated carbocycles. The molecule has 0 aliphatic heterocycles. The number of carbonyl (C=O) groups excluding carboxylic acids is 1. The quantitative estimate of drug-likeness (QED) is 0.707. The summed E-state index contributed by atoms with van der Waals surface area (Å²) in [5.74, 6) is 1.50. The summed E-state index contributed by atoms with van der Waals surface area (Å²) in [5.41, 5.74) is -0.600. The molecule has 22 heavy (non-hydrogen) atoms. The van der Waals surface area contributed by atoms with E-state index in [2.05, 4.69) is 11.2 Å². The molecule has 0 spiro atoms. The molecule has 1 aromatic carbocycles. The number of ether oxygens (including phenoxy) is 2. The van der Waals surface area contributed by atoms with Crippen molar-refractivity contribution in [2.75, 3.05) is 20.3 Å². The van der Waals surface area contributed by atoms with Crippen LogP contribution >= 0.6 is 0 Å². The lowest BCUT2D eigenvalue weighted by atomic mass is 9.98. The summed E-state index contributed by atoms with van der Waals surface area (Å²) in [6.45, 7) is 1.86. The van der Waals surface area contributed by atoms with E-state index in [-0.39, 0.29) is 25.5 Å². The zero-order chi connectivity index (χ0) is 16.6. The van der Waals surface area contributed by atoms with Crippen LogP contribution in [-0.4, -0.2) is 42.8 Å². The number of nitrogens with one attached hydrogen (secondary N) is 1. The molecular formula is C16H19NO5. The van der Waals surface area contributed by atoms with E-state index >= 15 is 0 Å². The summed E-state index contributed by atoms with van der Waals surface area (Å²) in [4.78, 5) is 23.1. The van der Waals surface area contributed by atoms with Crippen LogP contribution in [0.15, 0.2) is 24.3 Å². The molecule has 118 valence electrons. The fourth-order valence-corrected chi connectivity index (χ4v) is 1.96. The van der Waals surface area contributed by atoms with Crippen molar-refractivity contribution >= 4 is 11.9 Å². The molecule has 0 radical (unpaired) electrons. The van der Waals surface area contributed by atoms with Gasteiger partial charge in [0.2, 0.25) is 0 Å². The predicted molar refractivity (Wildman–Crippen MR) is 80.8 cm³/mol. The van der Waals surface area contributed by atoms with Gasteiger partial charge in [-0.1, -0.05) is 5.92 Å². The number of terminal acetylenes is 1. The maximum absolute atomic E-state index is 12.2. The number of methoxy groups -OCH3 is 1. The highest BCUT2D eigenvalue weighted by atomic mass is 16.5. The molecule has 0 fully saturated rings. The molecule has 0 aliphatic carbocycles. The molecule has 2 N–H and O–H groups in total. The largest absolute Gasteiger partial charge is 0.481 e. The second-order valence-electron chi connectivity index (χ2n) is 5.04. The molecule has 1 amide bonds. The lowest BCUT2D eigenvalue weighted by molar-refractivity contribution is -0.139. The van der Waals surface area contributed by atoms with Crippen molar-refractivity contribution in [3.05, 3.63) is 29.8 Å². The fraction of sp³-hybridized carbons (Fsp3) is 0.375. The van der Waals surface area contributed by atoms with Gasteiger partial charge >= 0.3 is 5.97 Å². The van der Waals surface area contributed by atoms with Crippen LogP contribution in [0.1, 0.15) is 23.7 Å². The number of hydrogen-bond acceptors (Lipinski definition) is 4. The standard InChI is InChI=1S/C16H19NO5/c1-4-9-22-13-7-5-12(6-8-13)15(20)17-16(2,11-21-3)10-14(18)19/h1,5-8H,9-11H2,2-3H3,(H,17,20)(H,18,19). The molecule has 0 saturated heterocycles. The minimum Gasteiger partial charge on any atom is -0.481 e. The Hall–Kier alpha value is -2.52. The minimum absolute atomic E-state index is 0.0917. The molecule has 0 aliphatic rings. The summed E-state index contributed by atoms with van der Waals surface area (Å²) in [6.07, 6.45) is 4.85. The van der Waals surface area contributed by atoms with Crippen LogP contribution < -0.4 is 10.1 Å². The number of rotatable bonds is 8. The Morgan fingerprint density at radius 3 is 2.50 bits per heavy atom. The van der Waals surface area contributed by atoms with Gasteiger partial charge in [0.25, 0.3) is 5.91 Å². The van der Waals surface area contributed by atoms with Crippen LogP contribution in [-0.2, 0) is 9.53 Å². The first kappa shape index (κ1) is 17.5. The number of carboxylic acids is 1. The van der Waals surface area contributed by atoms with E-state index in [1.165, 1.54) is 7.11 Å². The summed E-state index contributed by atoms with van der Waals surface area (Å²) in [6, 6.07) is 6.40. The molecule has 1 unspecified atom stereocenters. The predicted octanol–water partition coefficient (Wildman–Crippen LogP) is 1.31. The number of aliphatic carboxylic acids is 1. The van der Waals surface area contributed by atoms with Gasteiger partial charge in [-0.3, -0.25) is 9.59 Å². The fourth-order valence-electron chi connectivity index (χ4n) is 1.96. The van der Waals surface area contributed by atoms with Gasteiger partial charge in [-0.2, -0.15) is 0 Å². The van der Waals surface area contributed by atoms with E-state index in [0.717, 1.165) is 0 Å². The van der Waals surface area contributed by atoms with Gasteiger partial charge in [-0.05, 0) is 31.2 Å². The maximum atomic E-state index is 12.2. The average Bonchev–Trinajstić information content (AvgIpc) is 2.44. The van der Waals surface area contributed by atoms with E-state index in [1.54, 1.807) is 31.2 Å². The van der Waals surface area contributed by atoms with Gasteiger partial charge < -0.3 is 19.9 Å². The summed E-state index contributed by atoms with van der Waals surface area (Å²) in [5, 5.41) is 11.6. The Morgan fingerprint density at radius 1 is 1.36 bits per heavy atom. The zero-order valence-electron chi connectivity index (χ0n) is 12.6. The molecule has 0 heterocycles. The van der Waals surface area contributed by atoms with Gasteiger partial charge in [-0.25, -0.2) is 0 Å². The lowest BCUT2D eigenvalue weighted by Gasteiger charge is -2.28. The smallest absolute Gasteiger partial charge is 0.305 e. The Kier molecular flexibility index (Phi) is 6.42. The SMILES string of the molecule is C#CCOc1ccc(C(=O)NC(C)(COC)CC(=O)O)cc1. The first-order chi connectivity index (χ1) is 10.4. The summed E-state index contributed by atoms with van der Waals surface area (Å²) < 4.78 is 10.2. The van der Waals surface area contributed by atoms with Gasteiger partial charge in [0.05, 0.1) is 18.6 Å². The van der Waals surface area contributed by atoms with Crippen molar-refractivity contribution in [3.8, 4) is 18.1 Å². The Balaban J connectivity index is 2.77. The highest BCUT2D eigenvalue weighted by molar-refractivity contribution is 5.95. The van der Waals surface area contributed by atoms with Crippen molar-refractivity contribution in [2.24, 2.45) is 0 Å². The second-order valence-corrected chi connectivity index (χ2v) is 5.04. The maximum Gasteiger partial charge on any atom is 0.305 e. The van der Waals surface area contributed by atoms with E-state index in [1.807, 2.05) is 0 Å². The van der Waals surface area contributed by atoms with Gasteiger partial charge in [-0.15, -0.1) is 6.42 Å². The lowest BCUT2D eigenvalue weighted by Crippen LogP contribution is -2.50. The van der Waals surface area contributed by atoms with E-state index < -0.39 is 11.5 Å². The number of hydrogen-bond donors (Lipinski definition) is 2. The summed E-state index contributed by atoms with van der Waals surface area (Å²) >= 11 is 0. The van der Waals surface area contributed by atoms with Crippen molar-refractivity contribution in [1.29, 1.82) is 0 Å². The molecule has 0 aromatic heterocycles. The number of amides is 1. The third-order valence-corrected chi connectivity index (χ3v) is 2.86. The topological polar surface area (TPSA) is 84.9 Å². The van der Waals surface area contributed by atoms with E-state index in [0.29, 0.717) is 11.3 Å². The normalized spacial score (nSPS) is 12.8. The van der Waals surface area contributed by atoms with Crippen LogP contribution in [0.3, 0.4) is 0 Å².